The van der Waals surface area contributed by atoms with E-state index in [9.17, 15) is 9.90 Å². The first kappa shape index (κ1) is 25.2. The summed E-state index contributed by atoms with van der Waals surface area (Å²) < 4.78 is 18.3. The average Bonchev–Trinajstić information content (AvgIpc) is 3.06. The largest absolute Gasteiger partial charge is 0.493 e. The Labute approximate surface area is 201 Å². The first-order chi connectivity index (χ1) is 16.3. The first-order valence-corrected chi connectivity index (χ1v) is 11.3. The molecule has 182 valence electrons. The van der Waals surface area contributed by atoms with Crippen molar-refractivity contribution in [2.75, 3.05) is 27.9 Å². The molecular weight excluding hydrogens is 432 g/mol. The number of aryl methyl sites for hydroxylation is 1. The van der Waals surface area contributed by atoms with Crippen LogP contribution in [0.4, 0.5) is 0 Å². The summed E-state index contributed by atoms with van der Waals surface area (Å²) in [6.45, 7) is 7.71. The van der Waals surface area contributed by atoms with Gasteiger partial charge in [0.05, 0.1) is 26.9 Å². The number of carbonyl (C=O) groups is 1. The third-order valence-corrected chi connectivity index (χ3v) is 6.20. The molecule has 0 unspecified atom stereocenters. The van der Waals surface area contributed by atoms with Crippen LogP contribution < -0.4 is 19.5 Å². The molecule has 0 fully saturated rings. The van der Waals surface area contributed by atoms with Gasteiger partial charge in [-0.05, 0) is 57.0 Å². The monoisotopic (exact) mass is 466 g/mol. The minimum absolute atomic E-state index is 0.380. The Bertz CT molecular complexity index is 1120. The number of hydrogen-bond donors (Lipinski definition) is 2. The zero-order chi connectivity index (χ0) is 24.8. The fraction of sp³-hybridized carbons (Fsp3) is 0.370. The Kier molecular flexibility index (Phi) is 8.23. The summed E-state index contributed by atoms with van der Waals surface area (Å²) >= 11 is 0. The summed E-state index contributed by atoms with van der Waals surface area (Å²) in [4.78, 5) is 12.1. The lowest BCUT2D eigenvalue weighted by molar-refractivity contribution is 0.0694. The molecule has 0 aliphatic heterocycles. The third kappa shape index (κ3) is 5.37. The van der Waals surface area contributed by atoms with Crippen molar-refractivity contribution in [3.8, 4) is 17.2 Å². The highest BCUT2D eigenvalue weighted by Crippen LogP contribution is 2.38. The van der Waals surface area contributed by atoms with Crippen molar-refractivity contribution >= 4 is 5.97 Å². The Morgan fingerprint density at radius 1 is 0.912 bits per heavy atom. The van der Waals surface area contributed by atoms with Crippen LogP contribution in [0.25, 0.3) is 0 Å². The van der Waals surface area contributed by atoms with Crippen LogP contribution in [0.15, 0.2) is 36.4 Å². The van der Waals surface area contributed by atoms with Crippen molar-refractivity contribution in [2.45, 2.75) is 40.3 Å². The van der Waals surface area contributed by atoms with Gasteiger partial charge in [0.1, 0.15) is 0 Å². The molecule has 34 heavy (non-hydrogen) atoms. The van der Waals surface area contributed by atoms with Crippen LogP contribution in [0, 0.1) is 20.8 Å². The normalized spacial score (nSPS) is 10.9. The van der Waals surface area contributed by atoms with E-state index in [1.165, 1.54) is 5.56 Å². The molecule has 1 aromatic heterocycles. The van der Waals surface area contributed by atoms with Crippen LogP contribution in [-0.4, -0.2) is 43.5 Å². The van der Waals surface area contributed by atoms with Crippen LogP contribution in [0.1, 0.15) is 44.0 Å². The molecule has 0 bridgehead atoms. The second kappa shape index (κ2) is 11.1. The van der Waals surface area contributed by atoms with Crippen LogP contribution in [-0.2, 0) is 19.5 Å². The predicted molar refractivity (Wildman–Crippen MR) is 133 cm³/mol. The molecule has 1 heterocycles. The number of aromatic nitrogens is 1. The van der Waals surface area contributed by atoms with Crippen molar-refractivity contribution in [1.82, 2.24) is 9.88 Å². The highest BCUT2D eigenvalue weighted by atomic mass is 16.5. The number of benzene rings is 2. The third-order valence-electron chi connectivity index (χ3n) is 6.20. The van der Waals surface area contributed by atoms with Gasteiger partial charge in [-0.3, -0.25) is 0 Å². The van der Waals surface area contributed by atoms with E-state index in [0.29, 0.717) is 42.4 Å². The fourth-order valence-corrected chi connectivity index (χ4v) is 4.29. The van der Waals surface area contributed by atoms with Crippen molar-refractivity contribution in [3.05, 3.63) is 75.6 Å². The van der Waals surface area contributed by atoms with E-state index in [-0.39, 0.29) is 0 Å². The van der Waals surface area contributed by atoms with Crippen molar-refractivity contribution < 1.29 is 24.1 Å². The van der Waals surface area contributed by atoms with Crippen LogP contribution in [0.2, 0.25) is 0 Å². The zero-order valence-corrected chi connectivity index (χ0v) is 20.8. The molecule has 2 aromatic carbocycles. The number of nitrogens with one attached hydrogen (secondary N) is 1. The molecule has 2 N–H and O–H groups in total. The van der Waals surface area contributed by atoms with Gasteiger partial charge < -0.3 is 29.2 Å². The molecule has 0 saturated heterocycles. The van der Waals surface area contributed by atoms with Gasteiger partial charge in [-0.25, -0.2) is 4.79 Å². The quantitative estimate of drug-likeness (QED) is 0.405. The Morgan fingerprint density at radius 3 is 2.06 bits per heavy atom. The lowest BCUT2D eigenvalue weighted by atomic mass is 10.1. The van der Waals surface area contributed by atoms with Crippen LogP contribution in [0.5, 0.6) is 17.2 Å². The predicted octanol–water partition coefficient (Wildman–Crippen LogP) is 4.52. The highest BCUT2D eigenvalue weighted by molar-refractivity contribution is 5.91. The maximum absolute atomic E-state index is 12.1. The van der Waals surface area contributed by atoms with Gasteiger partial charge in [-0.15, -0.1) is 0 Å². The summed E-state index contributed by atoms with van der Waals surface area (Å²) in [5.74, 6) is 0.896. The standard InChI is InChI=1S/C27H34N2O5/c1-17-7-9-20(10-8-17)16-29-18(2)22(25(19(29)3)27(30)31)15-28-12-11-21-13-23(32-4)26(34-6)24(14-21)33-5/h7-10,13-14,28H,11-12,15-16H2,1-6H3,(H,30,31). The van der Waals surface area contributed by atoms with E-state index in [0.717, 1.165) is 34.5 Å². The van der Waals surface area contributed by atoms with Gasteiger partial charge in [0.15, 0.2) is 11.5 Å². The zero-order valence-electron chi connectivity index (χ0n) is 20.8. The summed E-state index contributed by atoms with van der Waals surface area (Å²) in [5.41, 5.74) is 6.32. The number of aromatic carboxylic acids is 1. The summed E-state index contributed by atoms with van der Waals surface area (Å²) in [6, 6.07) is 12.2. The first-order valence-electron chi connectivity index (χ1n) is 11.3. The molecule has 0 amide bonds. The molecule has 3 aromatic rings. The topological polar surface area (TPSA) is 82.0 Å². The van der Waals surface area contributed by atoms with Gasteiger partial charge in [0.2, 0.25) is 5.75 Å². The summed E-state index contributed by atoms with van der Waals surface area (Å²) in [7, 11) is 4.77. The van der Waals surface area contributed by atoms with E-state index in [4.69, 9.17) is 14.2 Å². The van der Waals surface area contributed by atoms with Crippen molar-refractivity contribution in [2.24, 2.45) is 0 Å². The van der Waals surface area contributed by atoms with Crippen molar-refractivity contribution in [1.29, 1.82) is 0 Å². The minimum atomic E-state index is -0.898. The lowest BCUT2D eigenvalue weighted by Gasteiger charge is -2.14. The fourth-order valence-electron chi connectivity index (χ4n) is 4.29. The lowest BCUT2D eigenvalue weighted by Crippen LogP contribution is -2.19. The number of hydrogen-bond acceptors (Lipinski definition) is 5. The SMILES string of the molecule is COc1cc(CCNCc2c(C(=O)O)c(C)n(Cc3ccc(C)cc3)c2C)cc(OC)c1OC. The molecule has 0 radical (unpaired) electrons. The maximum Gasteiger partial charge on any atom is 0.337 e. The second-order valence-corrected chi connectivity index (χ2v) is 8.36. The smallest absolute Gasteiger partial charge is 0.337 e. The number of methoxy groups -OCH3 is 3. The number of carboxylic acids is 1. The summed E-state index contributed by atoms with van der Waals surface area (Å²) in [6.07, 6.45) is 0.723. The van der Waals surface area contributed by atoms with Crippen molar-refractivity contribution in [3.63, 3.8) is 0 Å². The second-order valence-electron chi connectivity index (χ2n) is 8.36. The van der Waals surface area contributed by atoms with Gasteiger partial charge in [0.25, 0.3) is 0 Å². The van der Waals surface area contributed by atoms with E-state index in [1.54, 1.807) is 21.3 Å². The highest BCUT2D eigenvalue weighted by Gasteiger charge is 2.22. The molecule has 7 heteroatoms. The number of ether oxygens (including phenoxy) is 3. The van der Waals surface area contributed by atoms with Gasteiger partial charge in [0, 0.05) is 30.0 Å². The molecule has 7 nitrogen and oxygen atoms in total. The van der Waals surface area contributed by atoms with Gasteiger partial charge in [-0.2, -0.15) is 0 Å². The number of carboxylic acid groups (broad SMARTS) is 1. The molecule has 3 rings (SSSR count). The Balaban J connectivity index is 1.74. The van der Waals surface area contributed by atoms with Crippen LogP contribution in [0.3, 0.4) is 0 Å². The molecular formula is C27H34N2O5. The number of rotatable bonds is 11. The Morgan fingerprint density at radius 2 is 1.53 bits per heavy atom. The average molecular weight is 467 g/mol. The van der Waals surface area contributed by atoms with E-state index < -0.39 is 5.97 Å². The molecule has 0 aliphatic rings. The molecule has 0 saturated carbocycles. The Hall–Kier alpha value is -3.45. The van der Waals surface area contributed by atoms with Gasteiger partial charge >= 0.3 is 5.97 Å². The van der Waals surface area contributed by atoms with Gasteiger partial charge in [-0.1, -0.05) is 29.8 Å². The van der Waals surface area contributed by atoms with Crippen LogP contribution >= 0.6 is 0 Å². The van der Waals surface area contributed by atoms with E-state index in [1.807, 2.05) is 26.0 Å². The minimum Gasteiger partial charge on any atom is -0.493 e. The molecule has 0 atom stereocenters. The number of nitrogens with zero attached hydrogens (tertiary/aromatic N) is 1. The van der Waals surface area contributed by atoms with E-state index >= 15 is 0 Å². The summed E-state index contributed by atoms with van der Waals surface area (Å²) in [5, 5.41) is 13.3. The molecule has 0 aliphatic carbocycles. The maximum atomic E-state index is 12.1. The van der Waals surface area contributed by atoms with E-state index in [2.05, 4.69) is 41.1 Å². The molecule has 0 spiro atoms.